The van der Waals surface area contributed by atoms with Gasteiger partial charge >= 0.3 is 0 Å². The van der Waals surface area contributed by atoms with Gasteiger partial charge in [0.15, 0.2) is 0 Å². The predicted octanol–water partition coefficient (Wildman–Crippen LogP) is 0.197. The molecule has 1 fully saturated rings. The van der Waals surface area contributed by atoms with Gasteiger partial charge in [0.2, 0.25) is 5.91 Å². The molecule has 0 saturated carbocycles. The van der Waals surface area contributed by atoms with E-state index in [0.717, 1.165) is 19.6 Å². The smallest absolute Gasteiger partial charge is 0.267 e. The van der Waals surface area contributed by atoms with Crippen molar-refractivity contribution in [3.05, 3.63) is 0 Å². The van der Waals surface area contributed by atoms with E-state index in [1.54, 1.807) is 7.05 Å². The van der Waals surface area contributed by atoms with Crippen molar-refractivity contribution in [2.45, 2.75) is 32.1 Å². The predicted molar refractivity (Wildman–Crippen MR) is 72.7 cm³/mol. The second-order valence-electron chi connectivity index (χ2n) is 5.12. The molecule has 0 bridgehead atoms. The van der Waals surface area contributed by atoms with E-state index in [1.807, 2.05) is 0 Å². The summed E-state index contributed by atoms with van der Waals surface area (Å²) < 4.78 is 0. The van der Waals surface area contributed by atoms with Crippen LogP contribution in [-0.2, 0) is 9.59 Å². The van der Waals surface area contributed by atoms with Crippen LogP contribution in [0.3, 0.4) is 0 Å². The maximum absolute atomic E-state index is 11.9. The summed E-state index contributed by atoms with van der Waals surface area (Å²) in [6.07, 6.45) is 4.65. The number of hydrogen-bond acceptors (Lipinski definition) is 4. The Labute approximate surface area is 113 Å². The lowest BCUT2D eigenvalue weighted by atomic mass is 10.1. The van der Waals surface area contributed by atoms with Crippen molar-refractivity contribution in [2.75, 3.05) is 33.2 Å². The van der Waals surface area contributed by atoms with Gasteiger partial charge in [-0.2, -0.15) is 5.10 Å². The molecule has 0 unspecified atom stereocenters. The van der Waals surface area contributed by atoms with Gasteiger partial charge in [0.25, 0.3) is 5.91 Å². The summed E-state index contributed by atoms with van der Waals surface area (Å²) in [6, 6.07) is 0. The Kier molecular flexibility index (Phi) is 4.90. The molecule has 0 aromatic rings. The van der Waals surface area contributed by atoms with Crippen LogP contribution in [0.15, 0.2) is 5.10 Å². The molecule has 0 radical (unpaired) electrons. The first-order valence-corrected chi connectivity index (χ1v) is 7.01. The number of amides is 2. The minimum atomic E-state index is -0.142. The molecule has 0 atom stereocenters. The zero-order valence-electron chi connectivity index (χ0n) is 11.5. The Morgan fingerprint density at radius 1 is 1.26 bits per heavy atom. The maximum atomic E-state index is 11.9. The van der Waals surface area contributed by atoms with E-state index in [0.29, 0.717) is 25.1 Å². The lowest BCUT2D eigenvalue weighted by molar-refractivity contribution is -0.130. The van der Waals surface area contributed by atoms with E-state index in [1.165, 1.54) is 24.3 Å². The van der Waals surface area contributed by atoms with E-state index < -0.39 is 0 Å². The fourth-order valence-corrected chi connectivity index (χ4v) is 2.45. The SMILES string of the molecule is CN1N=C(C(=O)NCCN2CCCCC2)CCC1=O. The summed E-state index contributed by atoms with van der Waals surface area (Å²) in [5.74, 6) is -0.179. The van der Waals surface area contributed by atoms with E-state index in [4.69, 9.17) is 0 Å². The van der Waals surface area contributed by atoms with Crippen molar-refractivity contribution in [3.8, 4) is 0 Å². The molecule has 0 aliphatic carbocycles. The van der Waals surface area contributed by atoms with E-state index in [9.17, 15) is 9.59 Å². The fourth-order valence-electron chi connectivity index (χ4n) is 2.45. The van der Waals surface area contributed by atoms with Crippen molar-refractivity contribution < 1.29 is 9.59 Å². The average Bonchev–Trinajstić information content (AvgIpc) is 2.43. The highest BCUT2D eigenvalue weighted by molar-refractivity contribution is 6.39. The van der Waals surface area contributed by atoms with Crippen LogP contribution < -0.4 is 5.32 Å². The summed E-state index contributed by atoms with van der Waals surface area (Å²) in [4.78, 5) is 25.5. The first-order chi connectivity index (χ1) is 9.16. The number of hydrazone groups is 1. The zero-order chi connectivity index (χ0) is 13.7. The topological polar surface area (TPSA) is 65.0 Å². The molecule has 2 heterocycles. The molecule has 2 aliphatic heterocycles. The van der Waals surface area contributed by atoms with Crippen LogP contribution in [-0.4, -0.2) is 60.7 Å². The molecule has 6 heteroatoms. The van der Waals surface area contributed by atoms with Gasteiger partial charge in [0.05, 0.1) is 0 Å². The molecule has 2 rings (SSSR count). The van der Waals surface area contributed by atoms with Crippen molar-refractivity contribution in [1.82, 2.24) is 15.2 Å². The number of carbonyl (C=O) groups is 2. The van der Waals surface area contributed by atoms with Gasteiger partial charge in [-0.1, -0.05) is 6.42 Å². The summed E-state index contributed by atoms with van der Waals surface area (Å²) >= 11 is 0. The third-order valence-electron chi connectivity index (χ3n) is 3.63. The summed E-state index contributed by atoms with van der Waals surface area (Å²) in [5.41, 5.74) is 0.459. The van der Waals surface area contributed by atoms with E-state index in [-0.39, 0.29) is 11.8 Å². The lowest BCUT2D eigenvalue weighted by Crippen LogP contribution is -2.41. The normalized spacial score (nSPS) is 21.2. The van der Waals surface area contributed by atoms with Gasteiger partial charge in [0, 0.05) is 33.0 Å². The second-order valence-corrected chi connectivity index (χ2v) is 5.12. The molecule has 0 spiro atoms. The minimum Gasteiger partial charge on any atom is -0.350 e. The number of carbonyl (C=O) groups excluding carboxylic acids is 2. The summed E-state index contributed by atoms with van der Waals surface area (Å²) in [7, 11) is 1.59. The third kappa shape index (κ3) is 4.02. The standard InChI is InChI=1S/C13H22N4O2/c1-16-12(18)6-5-11(15-16)13(19)14-7-10-17-8-3-2-4-9-17/h2-10H2,1H3,(H,14,19). The number of rotatable bonds is 4. The fraction of sp³-hybridized carbons (Fsp3) is 0.769. The Bertz CT molecular complexity index is 375. The number of hydrogen-bond donors (Lipinski definition) is 1. The minimum absolute atomic E-state index is 0.0372. The molecule has 0 aromatic carbocycles. The molecule has 1 N–H and O–H groups in total. The van der Waals surface area contributed by atoms with E-state index >= 15 is 0 Å². The Morgan fingerprint density at radius 2 is 2.00 bits per heavy atom. The molecular weight excluding hydrogens is 244 g/mol. The maximum Gasteiger partial charge on any atom is 0.267 e. The second kappa shape index (κ2) is 6.65. The molecule has 106 valence electrons. The van der Waals surface area contributed by atoms with Crippen molar-refractivity contribution in [2.24, 2.45) is 5.10 Å². The van der Waals surface area contributed by atoms with Crippen LogP contribution in [0.1, 0.15) is 32.1 Å². The van der Waals surface area contributed by atoms with Gasteiger partial charge in [-0.15, -0.1) is 0 Å². The first kappa shape index (κ1) is 14.0. The average molecular weight is 266 g/mol. The lowest BCUT2D eigenvalue weighted by Gasteiger charge is -2.26. The summed E-state index contributed by atoms with van der Waals surface area (Å²) in [6.45, 7) is 3.81. The van der Waals surface area contributed by atoms with Gasteiger partial charge in [-0.25, -0.2) is 5.01 Å². The molecule has 1 saturated heterocycles. The number of nitrogens with zero attached hydrogens (tertiary/aromatic N) is 3. The zero-order valence-corrected chi connectivity index (χ0v) is 11.5. The van der Waals surface area contributed by atoms with Gasteiger partial charge < -0.3 is 10.2 Å². The molecule has 0 aromatic heterocycles. The Hall–Kier alpha value is -1.43. The number of piperidine rings is 1. The van der Waals surface area contributed by atoms with Gasteiger partial charge in [-0.3, -0.25) is 9.59 Å². The summed E-state index contributed by atoms with van der Waals surface area (Å²) in [5, 5.41) is 8.14. The number of nitrogens with one attached hydrogen (secondary N) is 1. The highest BCUT2D eigenvalue weighted by atomic mass is 16.2. The largest absolute Gasteiger partial charge is 0.350 e. The van der Waals surface area contributed by atoms with Crippen LogP contribution in [0.2, 0.25) is 0 Å². The van der Waals surface area contributed by atoms with Crippen LogP contribution >= 0.6 is 0 Å². The Morgan fingerprint density at radius 3 is 2.68 bits per heavy atom. The first-order valence-electron chi connectivity index (χ1n) is 7.01. The van der Waals surface area contributed by atoms with Crippen molar-refractivity contribution >= 4 is 17.5 Å². The van der Waals surface area contributed by atoms with Crippen molar-refractivity contribution in [1.29, 1.82) is 0 Å². The van der Waals surface area contributed by atoms with E-state index in [2.05, 4.69) is 15.3 Å². The van der Waals surface area contributed by atoms with Crippen LogP contribution in [0, 0.1) is 0 Å². The molecule has 6 nitrogen and oxygen atoms in total. The highest BCUT2D eigenvalue weighted by Gasteiger charge is 2.21. The van der Waals surface area contributed by atoms with Crippen molar-refractivity contribution in [3.63, 3.8) is 0 Å². The monoisotopic (exact) mass is 266 g/mol. The Balaban J connectivity index is 1.72. The molecule has 2 aliphatic rings. The number of likely N-dealkylation sites (tertiary alicyclic amines) is 1. The molecule has 2 amide bonds. The highest BCUT2D eigenvalue weighted by Crippen LogP contribution is 2.08. The van der Waals surface area contributed by atoms with Crippen LogP contribution in [0.4, 0.5) is 0 Å². The molecule has 19 heavy (non-hydrogen) atoms. The van der Waals surface area contributed by atoms with Gasteiger partial charge in [-0.05, 0) is 25.9 Å². The van der Waals surface area contributed by atoms with Crippen LogP contribution in [0.5, 0.6) is 0 Å². The van der Waals surface area contributed by atoms with Crippen LogP contribution in [0.25, 0.3) is 0 Å². The third-order valence-corrected chi connectivity index (χ3v) is 3.63. The quantitative estimate of drug-likeness (QED) is 0.790. The van der Waals surface area contributed by atoms with Gasteiger partial charge in [0.1, 0.15) is 5.71 Å². The molecular formula is C13H22N4O2.